The maximum atomic E-state index is 6.67. The summed E-state index contributed by atoms with van der Waals surface area (Å²) in [5.41, 5.74) is 0.209. The Labute approximate surface area is 104 Å². The maximum Gasteiger partial charge on any atom is 0.0860 e. The van der Waals surface area contributed by atoms with Crippen molar-refractivity contribution in [2.24, 2.45) is 0 Å². The first-order valence-electron chi connectivity index (χ1n) is 7.25. The van der Waals surface area contributed by atoms with Crippen molar-refractivity contribution in [3.8, 4) is 0 Å². The van der Waals surface area contributed by atoms with Crippen LogP contribution in [-0.4, -0.2) is 37.0 Å². The Morgan fingerprint density at radius 3 is 2.53 bits per heavy atom. The fraction of sp³-hybridized carbons (Fsp3) is 1.00. The van der Waals surface area contributed by atoms with Crippen molar-refractivity contribution < 1.29 is 9.47 Å². The molecule has 0 aromatic heterocycles. The molecule has 3 heteroatoms. The van der Waals surface area contributed by atoms with Gasteiger partial charge in [0.1, 0.15) is 0 Å². The van der Waals surface area contributed by atoms with Crippen molar-refractivity contribution in [3.63, 3.8) is 0 Å². The molecule has 0 amide bonds. The van der Waals surface area contributed by atoms with Crippen molar-refractivity contribution in [1.82, 2.24) is 5.32 Å². The lowest BCUT2D eigenvalue weighted by Gasteiger charge is -2.52. The Kier molecular flexibility index (Phi) is 3.18. The van der Waals surface area contributed by atoms with Crippen molar-refractivity contribution in [2.75, 3.05) is 19.7 Å². The molecule has 17 heavy (non-hydrogen) atoms. The maximum absolute atomic E-state index is 6.67. The lowest BCUT2D eigenvalue weighted by Crippen LogP contribution is -2.63. The van der Waals surface area contributed by atoms with E-state index in [9.17, 15) is 0 Å². The zero-order valence-corrected chi connectivity index (χ0v) is 11.0. The molecule has 0 aromatic rings. The highest BCUT2D eigenvalue weighted by Gasteiger charge is 2.47. The zero-order chi connectivity index (χ0) is 11.8. The van der Waals surface area contributed by atoms with Crippen LogP contribution < -0.4 is 5.32 Å². The second kappa shape index (κ2) is 4.52. The summed E-state index contributed by atoms with van der Waals surface area (Å²) >= 11 is 0. The van der Waals surface area contributed by atoms with E-state index in [-0.39, 0.29) is 11.2 Å². The molecule has 2 unspecified atom stereocenters. The van der Waals surface area contributed by atoms with Gasteiger partial charge in [0.25, 0.3) is 0 Å². The highest BCUT2D eigenvalue weighted by atomic mass is 16.5. The molecule has 0 aromatic carbocycles. The van der Waals surface area contributed by atoms with Crippen LogP contribution in [0, 0.1) is 0 Å². The molecule has 1 N–H and O–H groups in total. The van der Waals surface area contributed by atoms with Gasteiger partial charge in [-0.3, -0.25) is 0 Å². The summed E-state index contributed by atoms with van der Waals surface area (Å²) in [6.45, 7) is 5.11. The molecule has 1 aliphatic carbocycles. The van der Waals surface area contributed by atoms with Gasteiger partial charge in [0.15, 0.2) is 0 Å². The average molecular weight is 239 g/mol. The Morgan fingerprint density at radius 1 is 1.00 bits per heavy atom. The highest BCUT2D eigenvalue weighted by Crippen LogP contribution is 2.41. The van der Waals surface area contributed by atoms with Gasteiger partial charge in [0, 0.05) is 32.5 Å². The second-order valence-corrected chi connectivity index (χ2v) is 6.27. The number of morpholine rings is 1. The number of hydrogen-bond acceptors (Lipinski definition) is 3. The predicted molar refractivity (Wildman–Crippen MR) is 67.1 cm³/mol. The van der Waals surface area contributed by atoms with E-state index in [1.54, 1.807) is 0 Å². The molecule has 98 valence electrons. The minimum Gasteiger partial charge on any atom is -0.378 e. The first kappa shape index (κ1) is 11.9. The lowest BCUT2D eigenvalue weighted by molar-refractivity contribution is -0.226. The van der Waals surface area contributed by atoms with E-state index in [0.717, 1.165) is 32.5 Å². The Balaban J connectivity index is 1.73. The van der Waals surface area contributed by atoms with Gasteiger partial charge in [-0.15, -0.1) is 0 Å². The number of hydrogen-bond donors (Lipinski definition) is 1. The summed E-state index contributed by atoms with van der Waals surface area (Å²) in [7, 11) is 0. The number of rotatable bonds is 0. The molecule has 2 heterocycles. The predicted octanol–water partition coefficient (Wildman–Crippen LogP) is 2.25. The Hall–Kier alpha value is -0.120. The van der Waals surface area contributed by atoms with Crippen molar-refractivity contribution in [3.05, 3.63) is 0 Å². The van der Waals surface area contributed by atoms with Crippen molar-refractivity contribution >= 4 is 0 Å². The summed E-state index contributed by atoms with van der Waals surface area (Å²) < 4.78 is 12.3. The average Bonchev–Trinajstić information content (AvgIpc) is 2.29. The van der Waals surface area contributed by atoms with E-state index < -0.39 is 0 Å². The molecule has 2 aliphatic heterocycles. The van der Waals surface area contributed by atoms with Crippen molar-refractivity contribution in [1.29, 1.82) is 0 Å². The monoisotopic (exact) mass is 239 g/mol. The molecular formula is C14H25NO2. The minimum atomic E-state index is 0.0628. The highest BCUT2D eigenvalue weighted by molar-refractivity contribution is 4.99. The van der Waals surface area contributed by atoms with Crippen LogP contribution in [0.15, 0.2) is 0 Å². The largest absolute Gasteiger partial charge is 0.378 e. The van der Waals surface area contributed by atoms with E-state index >= 15 is 0 Å². The molecule has 0 radical (unpaired) electrons. The van der Waals surface area contributed by atoms with Crippen LogP contribution >= 0.6 is 0 Å². The second-order valence-electron chi connectivity index (χ2n) is 6.27. The lowest BCUT2D eigenvalue weighted by atomic mass is 9.80. The van der Waals surface area contributed by atoms with Crippen LogP contribution in [0.3, 0.4) is 0 Å². The molecule has 2 spiro atoms. The minimum absolute atomic E-state index is 0.0628. The van der Waals surface area contributed by atoms with Crippen LogP contribution in [-0.2, 0) is 9.47 Å². The van der Waals surface area contributed by atoms with Crippen molar-refractivity contribution in [2.45, 2.75) is 69.2 Å². The van der Waals surface area contributed by atoms with Gasteiger partial charge in [0.2, 0.25) is 0 Å². The summed E-state index contributed by atoms with van der Waals surface area (Å²) in [4.78, 5) is 0. The van der Waals surface area contributed by atoms with Gasteiger partial charge < -0.3 is 14.8 Å². The SMILES string of the molecule is CC1CC2(CCO1)CNCC1(CCCCC1)O2. The summed E-state index contributed by atoms with van der Waals surface area (Å²) in [5.74, 6) is 0. The summed E-state index contributed by atoms with van der Waals surface area (Å²) in [6, 6.07) is 0. The summed E-state index contributed by atoms with van der Waals surface area (Å²) in [5, 5.41) is 3.65. The number of ether oxygens (including phenoxy) is 2. The standard InChI is InChI=1S/C14H25NO2/c1-12-9-14(7-8-16-12)11-15-10-13(17-14)5-3-2-4-6-13/h12,15H,2-11H2,1H3. The third-order valence-electron chi connectivity index (χ3n) is 4.71. The topological polar surface area (TPSA) is 30.5 Å². The van der Waals surface area contributed by atoms with E-state index in [4.69, 9.17) is 9.47 Å². The fourth-order valence-electron chi connectivity index (χ4n) is 3.91. The quantitative estimate of drug-likeness (QED) is 0.703. The first-order chi connectivity index (χ1) is 8.22. The normalized spacial score (nSPS) is 41.8. The molecule has 2 saturated heterocycles. The molecular weight excluding hydrogens is 214 g/mol. The molecule has 3 nitrogen and oxygen atoms in total. The molecule has 1 saturated carbocycles. The zero-order valence-electron chi connectivity index (χ0n) is 11.0. The molecule has 3 fully saturated rings. The van der Waals surface area contributed by atoms with Crippen LogP contribution in [0.2, 0.25) is 0 Å². The van der Waals surface area contributed by atoms with E-state index in [2.05, 4.69) is 12.2 Å². The third-order valence-corrected chi connectivity index (χ3v) is 4.71. The summed E-state index contributed by atoms with van der Waals surface area (Å²) in [6.07, 6.45) is 9.02. The van der Waals surface area contributed by atoms with Crippen LogP contribution in [0.25, 0.3) is 0 Å². The fourth-order valence-corrected chi connectivity index (χ4v) is 3.91. The number of nitrogens with one attached hydrogen (secondary N) is 1. The van der Waals surface area contributed by atoms with Gasteiger partial charge >= 0.3 is 0 Å². The van der Waals surface area contributed by atoms with Gasteiger partial charge in [0.05, 0.1) is 17.3 Å². The first-order valence-corrected chi connectivity index (χ1v) is 7.25. The third kappa shape index (κ3) is 2.38. The van der Waals surface area contributed by atoms with E-state index in [1.807, 2.05) is 0 Å². The van der Waals surface area contributed by atoms with Crippen LogP contribution in [0.5, 0.6) is 0 Å². The van der Waals surface area contributed by atoms with Crippen LogP contribution in [0.1, 0.15) is 51.9 Å². The molecule has 0 bridgehead atoms. The van der Waals surface area contributed by atoms with Gasteiger partial charge in [-0.2, -0.15) is 0 Å². The smallest absolute Gasteiger partial charge is 0.0860 e. The van der Waals surface area contributed by atoms with Gasteiger partial charge in [-0.25, -0.2) is 0 Å². The Bertz CT molecular complexity index is 266. The van der Waals surface area contributed by atoms with E-state index in [0.29, 0.717) is 6.10 Å². The van der Waals surface area contributed by atoms with Gasteiger partial charge in [-0.1, -0.05) is 19.3 Å². The van der Waals surface area contributed by atoms with E-state index in [1.165, 1.54) is 32.1 Å². The molecule has 3 aliphatic rings. The Morgan fingerprint density at radius 2 is 1.76 bits per heavy atom. The molecule has 2 atom stereocenters. The molecule has 3 rings (SSSR count). The van der Waals surface area contributed by atoms with Crippen LogP contribution in [0.4, 0.5) is 0 Å². The van der Waals surface area contributed by atoms with Gasteiger partial charge in [-0.05, 0) is 19.8 Å².